The summed E-state index contributed by atoms with van der Waals surface area (Å²) >= 11 is 1.44. The Morgan fingerprint density at radius 2 is 2.11 bits per heavy atom. The van der Waals surface area contributed by atoms with Gasteiger partial charge in [-0.1, -0.05) is 6.07 Å². The molecule has 1 aromatic carbocycles. The summed E-state index contributed by atoms with van der Waals surface area (Å²) in [7, 11) is -3.85. The van der Waals surface area contributed by atoms with Crippen molar-refractivity contribution in [3.05, 3.63) is 46.4 Å². The highest BCUT2D eigenvalue weighted by molar-refractivity contribution is 7.89. The third-order valence-electron chi connectivity index (χ3n) is 2.57. The van der Waals surface area contributed by atoms with Gasteiger partial charge in [-0.2, -0.15) is 0 Å². The minimum Gasteiger partial charge on any atom is -0.398 e. The van der Waals surface area contributed by atoms with Crippen molar-refractivity contribution in [1.82, 2.24) is 4.72 Å². The van der Waals surface area contributed by atoms with E-state index in [0.717, 1.165) is 17.0 Å². The smallest absolute Gasteiger partial charge is 0.243 e. The van der Waals surface area contributed by atoms with Gasteiger partial charge in [0.05, 0.1) is 11.7 Å². The van der Waals surface area contributed by atoms with Crippen LogP contribution in [0.25, 0.3) is 0 Å². The molecule has 2 rings (SSSR count). The van der Waals surface area contributed by atoms with Crippen LogP contribution in [0, 0.1) is 5.82 Å². The lowest BCUT2D eigenvalue weighted by atomic mass is 10.3. The molecule has 2 aromatic rings. The van der Waals surface area contributed by atoms with E-state index in [1.165, 1.54) is 17.4 Å². The van der Waals surface area contributed by atoms with E-state index in [1.807, 2.05) is 17.5 Å². The molecule has 19 heavy (non-hydrogen) atoms. The summed E-state index contributed by atoms with van der Waals surface area (Å²) < 4.78 is 39.9. The van der Waals surface area contributed by atoms with Gasteiger partial charge in [-0.25, -0.2) is 17.5 Å². The van der Waals surface area contributed by atoms with Crippen molar-refractivity contribution in [3.63, 3.8) is 0 Å². The van der Waals surface area contributed by atoms with Crippen molar-refractivity contribution >= 4 is 27.0 Å². The van der Waals surface area contributed by atoms with E-state index in [-0.39, 0.29) is 10.6 Å². The predicted octanol–water partition coefficient (Wildman–Crippen LogP) is 2.51. The number of nitrogens with one attached hydrogen (secondary N) is 1. The first-order chi connectivity index (χ1) is 8.90. The molecule has 4 nitrogen and oxygen atoms in total. The van der Waals surface area contributed by atoms with Crippen LogP contribution in [0.4, 0.5) is 10.1 Å². The Bertz CT molecular complexity index is 669. The standard InChI is InChI=1S/C12H13FN2O2S2/c1-8(11-3-2-6-18-11)15-19(16,17)12-7-9(13)4-5-10(12)14/h2-8,15H,14H2,1H3. The summed E-state index contributed by atoms with van der Waals surface area (Å²) in [5, 5.41) is 1.86. The summed E-state index contributed by atoms with van der Waals surface area (Å²) in [6, 6.07) is 6.54. The highest BCUT2D eigenvalue weighted by Crippen LogP contribution is 2.24. The maximum atomic E-state index is 13.1. The highest BCUT2D eigenvalue weighted by atomic mass is 32.2. The Morgan fingerprint density at radius 3 is 2.74 bits per heavy atom. The third-order valence-corrected chi connectivity index (χ3v) is 5.22. The summed E-state index contributed by atoms with van der Waals surface area (Å²) in [5.41, 5.74) is 5.61. The number of anilines is 1. The van der Waals surface area contributed by atoms with E-state index in [2.05, 4.69) is 4.72 Å². The van der Waals surface area contributed by atoms with E-state index in [1.54, 1.807) is 6.92 Å². The second-order valence-corrected chi connectivity index (χ2v) is 6.70. The number of thiophene rings is 1. The van der Waals surface area contributed by atoms with Crippen LogP contribution in [0.2, 0.25) is 0 Å². The molecule has 0 aliphatic rings. The summed E-state index contributed by atoms with van der Waals surface area (Å²) in [6.07, 6.45) is 0. The van der Waals surface area contributed by atoms with Crippen molar-refractivity contribution in [2.45, 2.75) is 17.9 Å². The lowest BCUT2D eigenvalue weighted by Gasteiger charge is -2.14. The molecule has 1 heterocycles. The Morgan fingerprint density at radius 1 is 1.37 bits per heavy atom. The minimum atomic E-state index is -3.85. The molecule has 102 valence electrons. The van der Waals surface area contributed by atoms with Gasteiger partial charge in [0.25, 0.3) is 0 Å². The van der Waals surface area contributed by atoms with Gasteiger partial charge in [0.2, 0.25) is 10.0 Å². The van der Waals surface area contributed by atoms with E-state index in [9.17, 15) is 12.8 Å². The molecule has 0 amide bonds. The van der Waals surface area contributed by atoms with Crippen molar-refractivity contribution in [1.29, 1.82) is 0 Å². The number of nitrogens with two attached hydrogens (primary N) is 1. The number of nitrogen functional groups attached to an aromatic ring is 1. The van der Waals surface area contributed by atoms with Gasteiger partial charge in [-0.3, -0.25) is 0 Å². The SMILES string of the molecule is CC(NS(=O)(=O)c1cc(F)ccc1N)c1cccs1. The van der Waals surface area contributed by atoms with Crippen LogP contribution in [0.15, 0.2) is 40.6 Å². The maximum absolute atomic E-state index is 13.1. The van der Waals surface area contributed by atoms with Gasteiger partial charge in [-0.15, -0.1) is 11.3 Å². The van der Waals surface area contributed by atoms with Crippen molar-refractivity contribution in [3.8, 4) is 0 Å². The van der Waals surface area contributed by atoms with Gasteiger partial charge >= 0.3 is 0 Å². The number of rotatable bonds is 4. The fourth-order valence-electron chi connectivity index (χ4n) is 1.63. The number of hydrogen-bond acceptors (Lipinski definition) is 4. The molecule has 7 heteroatoms. The number of benzene rings is 1. The highest BCUT2D eigenvalue weighted by Gasteiger charge is 2.21. The van der Waals surface area contributed by atoms with Crippen LogP contribution in [-0.2, 0) is 10.0 Å². The molecule has 1 aromatic heterocycles. The molecule has 0 radical (unpaired) electrons. The van der Waals surface area contributed by atoms with E-state index in [0.29, 0.717) is 0 Å². The topological polar surface area (TPSA) is 72.2 Å². The van der Waals surface area contributed by atoms with E-state index in [4.69, 9.17) is 5.73 Å². The molecule has 0 aliphatic carbocycles. The molecule has 0 spiro atoms. The first kappa shape index (κ1) is 14.0. The van der Waals surface area contributed by atoms with Gasteiger partial charge in [0.1, 0.15) is 10.7 Å². The Labute approximate surface area is 115 Å². The minimum absolute atomic E-state index is 0.0206. The van der Waals surface area contributed by atoms with Crippen LogP contribution in [0.1, 0.15) is 17.8 Å². The largest absolute Gasteiger partial charge is 0.398 e. The zero-order valence-electron chi connectivity index (χ0n) is 10.1. The molecule has 0 fully saturated rings. The predicted molar refractivity (Wildman–Crippen MR) is 73.9 cm³/mol. The van der Waals surface area contributed by atoms with Crippen LogP contribution in [0.5, 0.6) is 0 Å². The lowest BCUT2D eigenvalue weighted by molar-refractivity contribution is 0.566. The summed E-state index contributed by atoms with van der Waals surface area (Å²) in [6.45, 7) is 1.72. The number of sulfonamides is 1. The summed E-state index contributed by atoms with van der Waals surface area (Å²) in [4.78, 5) is 0.634. The Balaban J connectivity index is 2.30. The van der Waals surface area contributed by atoms with E-state index >= 15 is 0 Å². The maximum Gasteiger partial charge on any atom is 0.243 e. The Hall–Kier alpha value is -1.44. The normalized spacial score (nSPS) is 13.4. The van der Waals surface area contributed by atoms with Gasteiger partial charge in [0.15, 0.2) is 0 Å². The summed E-state index contributed by atoms with van der Waals surface area (Å²) in [5.74, 6) is -0.640. The van der Waals surface area contributed by atoms with Crippen molar-refractivity contribution < 1.29 is 12.8 Å². The number of hydrogen-bond donors (Lipinski definition) is 2. The quantitative estimate of drug-likeness (QED) is 0.852. The molecule has 1 unspecified atom stereocenters. The van der Waals surface area contributed by atoms with Crippen LogP contribution < -0.4 is 10.5 Å². The molecule has 1 atom stereocenters. The average molecular weight is 300 g/mol. The fraction of sp³-hybridized carbons (Fsp3) is 0.167. The third kappa shape index (κ3) is 3.12. The first-order valence-corrected chi connectivity index (χ1v) is 7.87. The molecule has 0 saturated heterocycles. The van der Waals surface area contributed by atoms with Crippen molar-refractivity contribution in [2.24, 2.45) is 0 Å². The van der Waals surface area contributed by atoms with Gasteiger partial charge < -0.3 is 5.73 Å². The molecule has 3 N–H and O–H groups in total. The fourth-order valence-corrected chi connectivity index (χ4v) is 3.81. The zero-order valence-corrected chi connectivity index (χ0v) is 11.8. The van der Waals surface area contributed by atoms with Gasteiger partial charge in [-0.05, 0) is 36.6 Å². The molecular formula is C12H13FN2O2S2. The molecule has 0 bridgehead atoms. The molecule has 0 saturated carbocycles. The molecule has 0 aliphatic heterocycles. The van der Waals surface area contributed by atoms with Crippen LogP contribution >= 0.6 is 11.3 Å². The second-order valence-electron chi connectivity index (χ2n) is 4.04. The second kappa shape index (κ2) is 5.28. The monoisotopic (exact) mass is 300 g/mol. The van der Waals surface area contributed by atoms with Crippen molar-refractivity contribution in [2.75, 3.05) is 5.73 Å². The van der Waals surface area contributed by atoms with E-state index < -0.39 is 21.9 Å². The first-order valence-electron chi connectivity index (χ1n) is 5.51. The van der Waals surface area contributed by atoms with Crippen LogP contribution in [-0.4, -0.2) is 8.42 Å². The Kier molecular flexibility index (Phi) is 3.88. The lowest BCUT2D eigenvalue weighted by Crippen LogP contribution is -2.27. The van der Waals surface area contributed by atoms with Crippen LogP contribution in [0.3, 0.4) is 0 Å². The number of halogens is 1. The van der Waals surface area contributed by atoms with Gasteiger partial charge in [0, 0.05) is 4.88 Å². The zero-order chi connectivity index (χ0) is 14.0. The average Bonchev–Trinajstić information content (AvgIpc) is 2.85. The molecular weight excluding hydrogens is 287 g/mol.